The summed E-state index contributed by atoms with van der Waals surface area (Å²) in [4.78, 5) is 2.60. The lowest BCUT2D eigenvalue weighted by atomic mass is 9.97. The Labute approximate surface area is 112 Å². The van der Waals surface area contributed by atoms with Crippen molar-refractivity contribution in [2.45, 2.75) is 51.7 Å². The molecule has 0 unspecified atom stereocenters. The maximum Gasteiger partial charge on any atom is 0.0325 e. The summed E-state index contributed by atoms with van der Waals surface area (Å²) >= 11 is 3.61. The lowest BCUT2D eigenvalue weighted by Crippen LogP contribution is -2.43. The van der Waals surface area contributed by atoms with Crippen LogP contribution in [0.15, 0.2) is 22.7 Å². The summed E-state index contributed by atoms with van der Waals surface area (Å²) in [5, 5.41) is 0. The fourth-order valence-corrected chi connectivity index (χ4v) is 3.20. The van der Waals surface area contributed by atoms with Gasteiger partial charge < -0.3 is 5.73 Å². The van der Waals surface area contributed by atoms with Crippen LogP contribution in [-0.2, 0) is 6.54 Å². The van der Waals surface area contributed by atoms with Gasteiger partial charge in [0.25, 0.3) is 0 Å². The van der Waals surface area contributed by atoms with Crippen LogP contribution in [0.25, 0.3) is 0 Å². The number of anilines is 1. The number of rotatable bonds is 2. The summed E-state index contributed by atoms with van der Waals surface area (Å²) < 4.78 is 1.13. The van der Waals surface area contributed by atoms with Gasteiger partial charge in [-0.1, -0.05) is 28.4 Å². The molecule has 1 fully saturated rings. The molecule has 94 valence electrons. The highest BCUT2D eigenvalue weighted by Gasteiger charge is 2.24. The standard InChI is InChI=1S/C14H21BrN2/c1-10-4-3-5-11(2)17(10)9-12-6-7-13(16)8-14(12)15/h6-8,10-11H,3-5,9,16H2,1-2H3/t10-,11-/m0/s1. The minimum Gasteiger partial charge on any atom is -0.399 e. The number of halogens is 1. The highest BCUT2D eigenvalue weighted by molar-refractivity contribution is 9.10. The molecule has 17 heavy (non-hydrogen) atoms. The van der Waals surface area contributed by atoms with Gasteiger partial charge in [0.15, 0.2) is 0 Å². The normalized spacial score (nSPS) is 26.1. The average molecular weight is 297 g/mol. The lowest BCUT2D eigenvalue weighted by Gasteiger charge is -2.39. The molecule has 1 aromatic carbocycles. The number of piperidine rings is 1. The zero-order valence-corrected chi connectivity index (χ0v) is 12.2. The predicted octanol–water partition coefficient (Wildman–Crippen LogP) is 3.79. The van der Waals surface area contributed by atoms with E-state index in [1.54, 1.807) is 0 Å². The molecule has 3 heteroatoms. The van der Waals surface area contributed by atoms with Gasteiger partial charge in [0.2, 0.25) is 0 Å². The fraction of sp³-hybridized carbons (Fsp3) is 0.571. The number of nitrogen functional groups attached to an aromatic ring is 1. The average Bonchev–Trinajstić information content (AvgIpc) is 2.26. The summed E-state index contributed by atoms with van der Waals surface area (Å²) in [6, 6.07) is 7.48. The van der Waals surface area contributed by atoms with E-state index in [1.165, 1.54) is 24.8 Å². The van der Waals surface area contributed by atoms with Crippen molar-refractivity contribution >= 4 is 21.6 Å². The monoisotopic (exact) mass is 296 g/mol. The number of nitrogens with two attached hydrogens (primary N) is 1. The van der Waals surface area contributed by atoms with E-state index >= 15 is 0 Å². The Morgan fingerprint density at radius 1 is 1.29 bits per heavy atom. The fourth-order valence-electron chi connectivity index (χ4n) is 2.67. The van der Waals surface area contributed by atoms with E-state index in [1.807, 2.05) is 12.1 Å². The largest absolute Gasteiger partial charge is 0.399 e. The second-order valence-corrected chi connectivity index (χ2v) is 6.01. The Morgan fingerprint density at radius 3 is 2.53 bits per heavy atom. The Morgan fingerprint density at radius 2 is 1.94 bits per heavy atom. The molecule has 0 spiro atoms. The van der Waals surface area contributed by atoms with E-state index in [9.17, 15) is 0 Å². The molecule has 2 rings (SSSR count). The number of hydrogen-bond acceptors (Lipinski definition) is 2. The smallest absolute Gasteiger partial charge is 0.0325 e. The third kappa shape index (κ3) is 3.02. The second kappa shape index (κ2) is 5.40. The summed E-state index contributed by atoms with van der Waals surface area (Å²) in [5.41, 5.74) is 7.92. The van der Waals surface area contributed by atoms with E-state index in [0.717, 1.165) is 16.7 Å². The minimum atomic E-state index is 0.684. The lowest BCUT2D eigenvalue weighted by molar-refractivity contribution is 0.0950. The predicted molar refractivity (Wildman–Crippen MR) is 76.9 cm³/mol. The molecular weight excluding hydrogens is 276 g/mol. The Hall–Kier alpha value is -0.540. The summed E-state index contributed by atoms with van der Waals surface area (Å²) in [5.74, 6) is 0. The van der Waals surface area contributed by atoms with Crippen LogP contribution in [0, 0.1) is 0 Å². The van der Waals surface area contributed by atoms with Gasteiger partial charge in [0.1, 0.15) is 0 Å². The SMILES string of the molecule is C[C@H]1CCC[C@H](C)N1Cc1ccc(N)cc1Br. The van der Waals surface area contributed by atoms with Gasteiger partial charge >= 0.3 is 0 Å². The van der Waals surface area contributed by atoms with Crippen LogP contribution in [0.3, 0.4) is 0 Å². The van der Waals surface area contributed by atoms with Crippen LogP contribution in [0.2, 0.25) is 0 Å². The van der Waals surface area contributed by atoms with Crippen molar-refractivity contribution in [1.82, 2.24) is 4.90 Å². The molecule has 0 amide bonds. The molecule has 1 aliphatic rings. The number of nitrogens with zero attached hydrogens (tertiary/aromatic N) is 1. The summed E-state index contributed by atoms with van der Waals surface area (Å²) in [6.07, 6.45) is 4.00. The van der Waals surface area contributed by atoms with Gasteiger partial charge in [0.05, 0.1) is 0 Å². The third-order valence-corrected chi connectivity index (χ3v) is 4.54. The molecule has 1 aliphatic heterocycles. The van der Waals surface area contributed by atoms with Crippen LogP contribution in [0.4, 0.5) is 5.69 Å². The van der Waals surface area contributed by atoms with Crippen molar-refractivity contribution < 1.29 is 0 Å². The quantitative estimate of drug-likeness (QED) is 0.841. The summed E-state index contributed by atoms with van der Waals surface area (Å²) in [7, 11) is 0. The summed E-state index contributed by atoms with van der Waals surface area (Å²) in [6.45, 7) is 5.69. The van der Waals surface area contributed by atoms with E-state index in [-0.39, 0.29) is 0 Å². The highest BCUT2D eigenvalue weighted by atomic mass is 79.9. The first kappa shape index (κ1) is 12.9. The van der Waals surface area contributed by atoms with Crippen molar-refractivity contribution in [2.24, 2.45) is 0 Å². The zero-order valence-electron chi connectivity index (χ0n) is 10.6. The first-order valence-corrected chi connectivity index (χ1v) is 7.17. The Kier molecular flexibility index (Phi) is 4.10. The molecule has 1 saturated heterocycles. The highest BCUT2D eigenvalue weighted by Crippen LogP contribution is 2.27. The van der Waals surface area contributed by atoms with Crippen molar-refractivity contribution in [2.75, 3.05) is 5.73 Å². The number of likely N-dealkylation sites (tertiary alicyclic amines) is 1. The van der Waals surface area contributed by atoms with Crippen LogP contribution in [0.1, 0.15) is 38.7 Å². The van der Waals surface area contributed by atoms with Gasteiger partial charge in [-0.3, -0.25) is 4.90 Å². The van der Waals surface area contributed by atoms with E-state index < -0.39 is 0 Å². The number of benzene rings is 1. The van der Waals surface area contributed by atoms with Gasteiger partial charge in [-0.15, -0.1) is 0 Å². The van der Waals surface area contributed by atoms with Gasteiger partial charge in [-0.05, 0) is 44.4 Å². The molecule has 1 aromatic rings. The topological polar surface area (TPSA) is 29.3 Å². The Balaban J connectivity index is 2.13. The molecule has 0 aromatic heterocycles. The van der Waals surface area contributed by atoms with Crippen LogP contribution in [-0.4, -0.2) is 17.0 Å². The van der Waals surface area contributed by atoms with Gasteiger partial charge in [-0.2, -0.15) is 0 Å². The molecule has 2 nitrogen and oxygen atoms in total. The second-order valence-electron chi connectivity index (χ2n) is 5.15. The minimum absolute atomic E-state index is 0.684. The van der Waals surface area contributed by atoms with Crippen molar-refractivity contribution in [3.05, 3.63) is 28.2 Å². The maximum atomic E-state index is 5.77. The molecule has 2 atom stereocenters. The molecule has 1 heterocycles. The first-order valence-electron chi connectivity index (χ1n) is 6.37. The third-order valence-electron chi connectivity index (χ3n) is 3.81. The van der Waals surface area contributed by atoms with Crippen molar-refractivity contribution in [1.29, 1.82) is 0 Å². The van der Waals surface area contributed by atoms with Crippen LogP contribution >= 0.6 is 15.9 Å². The molecule has 0 saturated carbocycles. The molecule has 0 radical (unpaired) electrons. The molecular formula is C14H21BrN2. The van der Waals surface area contributed by atoms with Gasteiger partial charge in [0, 0.05) is 28.8 Å². The zero-order chi connectivity index (χ0) is 12.4. The van der Waals surface area contributed by atoms with E-state index in [4.69, 9.17) is 5.73 Å². The van der Waals surface area contributed by atoms with E-state index in [0.29, 0.717) is 12.1 Å². The van der Waals surface area contributed by atoms with Crippen molar-refractivity contribution in [3.8, 4) is 0 Å². The first-order chi connectivity index (χ1) is 8.08. The maximum absolute atomic E-state index is 5.77. The Bertz CT molecular complexity index is 382. The van der Waals surface area contributed by atoms with Crippen LogP contribution < -0.4 is 5.73 Å². The molecule has 0 aliphatic carbocycles. The van der Waals surface area contributed by atoms with Gasteiger partial charge in [-0.25, -0.2) is 0 Å². The van der Waals surface area contributed by atoms with Crippen LogP contribution in [0.5, 0.6) is 0 Å². The van der Waals surface area contributed by atoms with E-state index in [2.05, 4.69) is 40.7 Å². The molecule has 2 N–H and O–H groups in total. The van der Waals surface area contributed by atoms with Crippen molar-refractivity contribution in [3.63, 3.8) is 0 Å². The molecule has 0 bridgehead atoms. The number of hydrogen-bond donors (Lipinski definition) is 1.